The van der Waals surface area contributed by atoms with Gasteiger partial charge in [0.05, 0.1) is 16.1 Å². The van der Waals surface area contributed by atoms with Crippen molar-refractivity contribution in [2.24, 2.45) is 14.1 Å². The Kier molecular flexibility index (Phi) is 4.37. The molecule has 0 atom stereocenters. The van der Waals surface area contributed by atoms with Gasteiger partial charge in [-0.2, -0.15) is 0 Å². The molecule has 0 unspecified atom stereocenters. The van der Waals surface area contributed by atoms with E-state index in [-0.39, 0.29) is 17.2 Å². The molecule has 1 amide bonds. The van der Waals surface area contributed by atoms with E-state index in [1.807, 2.05) is 24.4 Å². The number of carbonyl (C=O) groups excluding carboxylic acids is 1. The highest BCUT2D eigenvalue weighted by atomic mass is 32.1. The number of hydrogen-bond acceptors (Lipinski definition) is 6. The molecule has 9 heteroatoms. The van der Waals surface area contributed by atoms with E-state index in [4.69, 9.17) is 0 Å². The number of benzene rings is 1. The molecule has 31 heavy (non-hydrogen) atoms. The molecule has 4 heterocycles. The summed E-state index contributed by atoms with van der Waals surface area (Å²) in [7, 11) is 2.96. The van der Waals surface area contributed by atoms with Crippen LogP contribution in [0.4, 0.5) is 5.69 Å². The van der Waals surface area contributed by atoms with Crippen molar-refractivity contribution in [2.75, 3.05) is 11.4 Å². The number of carbonyl (C=O) groups is 1. The Labute approximate surface area is 181 Å². The van der Waals surface area contributed by atoms with Crippen molar-refractivity contribution in [3.63, 3.8) is 0 Å². The molecule has 1 aliphatic heterocycles. The monoisotopic (exact) mass is 433 g/mol. The fourth-order valence-electron chi connectivity index (χ4n) is 3.98. The van der Waals surface area contributed by atoms with Crippen LogP contribution in [0.2, 0.25) is 0 Å². The third-order valence-electron chi connectivity index (χ3n) is 5.66. The first-order valence-corrected chi connectivity index (χ1v) is 10.7. The van der Waals surface area contributed by atoms with Gasteiger partial charge in [0.25, 0.3) is 11.5 Å². The third-order valence-corrected chi connectivity index (χ3v) is 6.43. The Morgan fingerprint density at radius 1 is 1.06 bits per heavy atom. The lowest BCUT2D eigenvalue weighted by Crippen LogP contribution is -2.37. The second kappa shape index (κ2) is 6.98. The van der Waals surface area contributed by atoms with Crippen LogP contribution >= 0.6 is 11.3 Å². The second-order valence-corrected chi connectivity index (χ2v) is 8.64. The topological polar surface area (TPSA) is 90.1 Å². The highest BCUT2D eigenvalue weighted by Gasteiger charge is 2.27. The molecule has 0 fully saturated rings. The molecule has 0 spiro atoms. The van der Waals surface area contributed by atoms with E-state index in [1.165, 1.54) is 18.7 Å². The van der Waals surface area contributed by atoms with Gasteiger partial charge in [-0.05, 0) is 43.2 Å². The smallest absolute Gasteiger partial charge is 0.306 e. The van der Waals surface area contributed by atoms with Gasteiger partial charge in [0, 0.05) is 37.3 Å². The van der Waals surface area contributed by atoms with E-state index in [2.05, 4.69) is 16.0 Å². The Morgan fingerprint density at radius 2 is 1.87 bits per heavy atom. The summed E-state index contributed by atoms with van der Waals surface area (Å²) in [5.74, 6) is -0.258. The number of nitrogens with zero attached hydrogens (tertiary/aromatic N) is 5. The summed E-state index contributed by atoms with van der Waals surface area (Å²) in [6.45, 7) is 2.52. The third kappa shape index (κ3) is 3.00. The minimum Gasteiger partial charge on any atom is -0.306 e. The normalized spacial score (nSPS) is 13.1. The average molecular weight is 433 g/mol. The highest BCUT2D eigenvalue weighted by Crippen LogP contribution is 2.33. The van der Waals surface area contributed by atoms with E-state index in [0.29, 0.717) is 11.9 Å². The Hall–Kier alpha value is -3.59. The van der Waals surface area contributed by atoms with Crippen LogP contribution in [0.1, 0.15) is 21.1 Å². The predicted molar refractivity (Wildman–Crippen MR) is 120 cm³/mol. The summed E-state index contributed by atoms with van der Waals surface area (Å²) < 4.78 is 2.32. The molecule has 1 aliphatic rings. The molecule has 3 aromatic heterocycles. The number of anilines is 1. The summed E-state index contributed by atoms with van der Waals surface area (Å²) in [6, 6.07) is 9.10. The molecule has 8 nitrogen and oxygen atoms in total. The molecule has 0 N–H and O–H groups in total. The van der Waals surface area contributed by atoms with Crippen molar-refractivity contribution in [1.82, 2.24) is 19.1 Å². The van der Waals surface area contributed by atoms with Crippen molar-refractivity contribution < 1.29 is 4.79 Å². The van der Waals surface area contributed by atoms with E-state index < -0.39 is 11.2 Å². The first-order chi connectivity index (χ1) is 14.8. The van der Waals surface area contributed by atoms with Crippen LogP contribution in [0, 0.1) is 6.92 Å². The largest absolute Gasteiger partial charge is 0.332 e. The first-order valence-electron chi connectivity index (χ1n) is 9.79. The Bertz CT molecular complexity index is 1500. The molecule has 1 aromatic carbocycles. The van der Waals surface area contributed by atoms with Crippen LogP contribution in [-0.2, 0) is 20.5 Å². The van der Waals surface area contributed by atoms with Gasteiger partial charge in [-0.25, -0.2) is 14.8 Å². The first kappa shape index (κ1) is 19.4. The van der Waals surface area contributed by atoms with Crippen molar-refractivity contribution in [3.05, 3.63) is 72.8 Å². The lowest BCUT2D eigenvalue weighted by molar-refractivity contribution is 0.0985. The fraction of sp³-hybridized carbons (Fsp3) is 0.227. The second-order valence-electron chi connectivity index (χ2n) is 7.58. The number of aromatic nitrogens is 4. The van der Waals surface area contributed by atoms with Gasteiger partial charge in [0.1, 0.15) is 11.3 Å². The van der Waals surface area contributed by atoms with Gasteiger partial charge >= 0.3 is 5.69 Å². The van der Waals surface area contributed by atoms with Gasteiger partial charge in [-0.15, -0.1) is 11.3 Å². The van der Waals surface area contributed by atoms with Crippen molar-refractivity contribution >= 4 is 34.0 Å². The summed E-state index contributed by atoms with van der Waals surface area (Å²) in [5, 5.41) is 3.34. The maximum Gasteiger partial charge on any atom is 0.332 e. The SMILES string of the molecule is Cc1nc(-c2ccc3c(c2)CCN3C(=O)c2ccc3c(=O)n(C)c(=O)n(C)c3n2)cs1. The van der Waals surface area contributed by atoms with Gasteiger partial charge in [0.15, 0.2) is 0 Å². The van der Waals surface area contributed by atoms with Gasteiger partial charge in [0.2, 0.25) is 0 Å². The summed E-state index contributed by atoms with van der Waals surface area (Å²) >= 11 is 1.61. The zero-order valence-corrected chi connectivity index (χ0v) is 18.1. The number of pyridine rings is 1. The van der Waals surface area contributed by atoms with E-state index >= 15 is 0 Å². The number of rotatable bonds is 2. The van der Waals surface area contributed by atoms with Crippen LogP contribution < -0.4 is 16.1 Å². The maximum atomic E-state index is 13.2. The van der Waals surface area contributed by atoms with E-state index in [9.17, 15) is 14.4 Å². The predicted octanol–water partition coefficient (Wildman–Crippen LogP) is 2.27. The summed E-state index contributed by atoms with van der Waals surface area (Å²) in [5.41, 5.74) is 3.39. The quantitative estimate of drug-likeness (QED) is 0.484. The van der Waals surface area contributed by atoms with Crippen LogP contribution in [-0.4, -0.2) is 31.6 Å². The molecule has 0 bridgehead atoms. The molecule has 5 rings (SSSR count). The van der Waals surface area contributed by atoms with Gasteiger partial charge in [-0.1, -0.05) is 6.07 Å². The number of aryl methyl sites for hydroxylation is 2. The Balaban J connectivity index is 1.53. The highest BCUT2D eigenvalue weighted by molar-refractivity contribution is 7.09. The molecule has 4 aromatic rings. The molecule has 0 radical (unpaired) electrons. The molecule has 0 aliphatic carbocycles. The molecule has 156 valence electrons. The minimum atomic E-state index is -0.481. The Morgan fingerprint density at radius 3 is 2.61 bits per heavy atom. The summed E-state index contributed by atoms with van der Waals surface area (Å²) in [6.07, 6.45) is 0.741. The van der Waals surface area contributed by atoms with Crippen LogP contribution in [0.3, 0.4) is 0 Å². The van der Waals surface area contributed by atoms with Crippen LogP contribution in [0.15, 0.2) is 45.3 Å². The molecular weight excluding hydrogens is 414 g/mol. The molecule has 0 saturated heterocycles. The average Bonchev–Trinajstić information content (AvgIpc) is 3.41. The van der Waals surface area contributed by atoms with E-state index in [0.717, 1.165) is 38.5 Å². The zero-order valence-electron chi connectivity index (χ0n) is 17.2. The zero-order chi connectivity index (χ0) is 21.9. The van der Waals surface area contributed by atoms with Crippen molar-refractivity contribution in [2.45, 2.75) is 13.3 Å². The van der Waals surface area contributed by atoms with Gasteiger partial charge in [-0.3, -0.25) is 18.7 Å². The number of fused-ring (bicyclic) bond motifs is 2. The fourth-order valence-corrected chi connectivity index (χ4v) is 4.60. The van der Waals surface area contributed by atoms with Crippen molar-refractivity contribution in [1.29, 1.82) is 0 Å². The lowest BCUT2D eigenvalue weighted by atomic mass is 10.1. The summed E-state index contributed by atoms with van der Waals surface area (Å²) in [4.78, 5) is 48.4. The number of thiazole rings is 1. The minimum absolute atomic E-state index is 0.197. The molecule has 0 saturated carbocycles. The van der Waals surface area contributed by atoms with Crippen LogP contribution in [0.5, 0.6) is 0 Å². The number of amides is 1. The van der Waals surface area contributed by atoms with Crippen molar-refractivity contribution in [3.8, 4) is 11.3 Å². The molecular formula is C22H19N5O3S. The standard InChI is InChI=1S/C22H19N5O3S/c1-12-23-17(11-31-12)13-4-7-18-14(10-13)8-9-27(18)21(29)16-6-5-15-19(24-16)25(2)22(30)26(3)20(15)28/h4-7,10-11H,8-9H2,1-3H3. The van der Waals surface area contributed by atoms with Crippen LogP contribution in [0.25, 0.3) is 22.3 Å². The van der Waals surface area contributed by atoms with E-state index in [1.54, 1.807) is 28.4 Å². The van der Waals surface area contributed by atoms with Gasteiger partial charge < -0.3 is 4.90 Å². The maximum absolute atomic E-state index is 13.2. The lowest BCUT2D eigenvalue weighted by Gasteiger charge is -2.17. The number of hydrogen-bond donors (Lipinski definition) is 0.